The van der Waals surface area contributed by atoms with Gasteiger partial charge in [-0.3, -0.25) is 0 Å². The number of carbonyl (C=O) groups excluding carboxylic acids is 1. The van der Waals surface area contributed by atoms with E-state index in [1.54, 1.807) is 0 Å². The number of carbonyl (C=O) groups is 1. The number of aliphatic hydroxyl groups excluding tert-OH is 3. The normalized spacial score (nSPS) is 27.4. The number of unbranched alkanes of at least 4 members (excludes halogenated alkanes) is 13. The predicted molar refractivity (Wildman–Crippen MR) is 175 cm³/mol. The molecule has 0 aliphatic carbocycles. The van der Waals surface area contributed by atoms with Gasteiger partial charge < -0.3 is 29.5 Å². The number of ether oxygens (including phenoxy) is 3. The van der Waals surface area contributed by atoms with Gasteiger partial charge in [-0.15, -0.1) is 0 Å². The molecule has 3 rings (SSSR count). The summed E-state index contributed by atoms with van der Waals surface area (Å²) in [5.41, 5.74) is 0.852. The predicted octanol–water partition coefficient (Wildman–Crippen LogP) is 7.86. The van der Waals surface area contributed by atoms with Gasteiger partial charge in [-0.05, 0) is 77.2 Å². The Morgan fingerprint density at radius 2 is 1.16 bits per heavy atom. The lowest BCUT2D eigenvalue weighted by Gasteiger charge is -2.24. The Morgan fingerprint density at radius 3 is 1.75 bits per heavy atom. The lowest BCUT2D eigenvalue weighted by Crippen LogP contribution is -2.33. The number of rotatable bonds is 25. The molecule has 0 saturated carbocycles. The van der Waals surface area contributed by atoms with Gasteiger partial charge in [-0.1, -0.05) is 96.8 Å². The largest absolute Gasteiger partial charge is 0.455 e. The summed E-state index contributed by atoms with van der Waals surface area (Å²) in [6.07, 6.45) is 25.4. The standard InChI is InChI=1S/C37H66O7/c1-3-4-5-6-7-11-14-17-20-31(38)35-25-26-36(44-35)33(40)23-22-32(39)34-24-21-30(43-34)19-16-13-10-8-9-12-15-18-29-27-28(2)42-37(29)41/h27-28,30-36,38-40H,3-26H2,1-2H3/t28-,30+,31-,32-,33+,34+,35+,36+/m0/s1. The van der Waals surface area contributed by atoms with E-state index in [4.69, 9.17) is 14.2 Å². The van der Waals surface area contributed by atoms with Gasteiger partial charge in [0.25, 0.3) is 0 Å². The Labute approximate surface area is 268 Å². The summed E-state index contributed by atoms with van der Waals surface area (Å²) in [6.45, 7) is 4.15. The summed E-state index contributed by atoms with van der Waals surface area (Å²) in [5.74, 6) is -0.133. The van der Waals surface area contributed by atoms with Crippen LogP contribution in [0.3, 0.4) is 0 Å². The molecule has 0 aromatic rings. The first-order chi connectivity index (χ1) is 21.4. The average molecular weight is 623 g/mol. The Morgan fingerprint density at radius 1 is 0.659 bits per heavy atom. The third-order valence-corrected chi connectivity index (χ3v) is 10.1. The van der Waals surface area contributed by atoms with Crippen LogP contribution in [-0.2, 0) is 19.0 Å². The highest BCUT2D eigenvalue weighted by Gasteiger charge is 2.36. The van der Waals surface area contributed by atoms with Crippen LogP contribution >= 0.6 is 0 Å². The zero-order valence-corrected chi connectivity index (χ0v) is 28.1. The molecule has 7 heteroatoms. The maximum atomic E-state index is 11.7. The molecule has 0 radical (unpaired) electrons. The number of hydrogen-bond acceptors (Lipinski definition) is 7. The van der Waals surface area contributed by atoms with Crippen LogP contribution in [0.4, 0.5) is 0 Å². The number of hydrogen-bond donors (Lipinski definition) is 3. The van der Waals surface area contributed by atoms with Crippen LogP contribution in [0.1, 0.15) is 168 Å². The molecular weight excluding hydrogens is 556 g/mol. The van der Waals surface area contributed by atoms with Gasteiger partial charge in [0.2, 0.25) is 0 Å². The highest BCUT2D eigenvalue weighted by atomic mass is 16.5. The van der Waals surface area contributed by atoms with Gasteiger partial charge in [0.15, 0.2) is 0 Å². The van der Waals surface area contributed by atoms with Crippen molar-refractivity contribution in [1.82, 2.24) is 0 Å². The van der Waals surface area contributed by atoms with Gasteiger partial charge in [0, 0.05) is 5.57 Å². The zero-order valence-electron chi connectivity index (χ0n) is 28.1. The van der Waals surface area contributed by atoms with Gasteiger partial charge in [-0.2, -0.15) is 0 Å². The van der Waals surface area contributed by atoms with E-state index in [1.807, 2.05) is 13.0 Å². The molecular formula is C37H66O7. The minimum atomic E-state index is -0.609. The third-order valence-electron chi connectivity index (χ3n) is 10.1. The van der Waals surface area contributed by atoms with Gasteiger partial charge in [-0.25, -0.2) is 4.79 Å². The topological polar surface area (TPSA) is 105 Å². The lowest BCUT2D eigenvalue weighted by atomic mass is 9.98. The van der Waals surface area contributed by atoms with Crippen molar-refractivity contribution in [2.45, 2.75) is 217 Å². The lowest BCUT2D eigenvalue weighted by molar-refractivity contribution is -0.139. The first kappa shape index (κ1) is 37.5. The Kier molecular flexibility index (Phi) is 18.5. The second-order valence-corrected chi connectivity index (χ2v) is 14.0. The average Bonchev–Trinajstić information content (AvgIpc) is 3.76. The molecule has 0 bridgehead atoms. The van der Waals surface area contributed by atoms with Crippen LogP contribution in [0.15, 0.2) is 11.6 Å². The molecule has 0 aromatic carbocycles. The number of esters is 1. The highest BCUT2D eigenvalue weighted by Crippen LogP contribution is 2.31. The van der Waals surface area contributed by atoms with E-state index >= 15 is 0 Å². The van der Waals surface area contributed by atoms with Crippen molar-refractivity contribution in [2.24, 2.45) is 0 Å². The summed E-state index contributed by atoms with van der Waals surface area (Å²) in [4.78, 5) is 11.7. The molecule has 0 spiro atoms. The SMILES string of the molecule is CCCCCCCCCC[C@H](O)[C@H]1CC[C@H]([C@H](O)CC[C@H](O)[C@H]2CC[C@@H](CCCCCCCCCC3=C[C@H](C)OC3=O)O2)O1. The van der Waals surface area contributed by atoms with E-state index < -0.39 is 18.3 Å². The minimum absolute atomic E-state index is 0.0617. The first-order valence-electron chi connectivity index (χ1n) is 18.6. The van der Waals surface area contributed by atoms with Crippen molar-refractivity contribution < 1.29 is 34.3 Å². The molecule has 256 valence electrons. The van der Waals surface area contributed by atoms with Crippen LogP contribution in [0.25, 0.3) is 0 Å². The van der Waals surface area contributed by atoms with Crippen molar-refractivity contribution in [3.05, 3.63) is 11.6 Å². The van der Waals surface area contributed by atoms with Crippen molar-refractivity contribution in [3.8, 4) is 0 Å². The van der Waals surface area contributed by atoms with Crippen molar-refractivity contribution >= 4 is 5.97 Å². The maximum Gasteiger partial charge on any atom is 0.334 e. The second-order valence-electron chi connectivity index (χ2n) is 14.0. The second kappa shape index (κ2) is 21.7. The van der Waals surface area contributed by atoms with Crippen molar-refractivity contribution in [1.29, 1.82) is 0 Å². The summed E-state index contributed by atoms with van der Waals surface area (Å²) in [7, 11) is 0. The highest BCUT2D eigenvalue weighted by molar-refractivity contribution is 5.90. The van der Waals surface area contributed by atoms with E-state index in [2.05, 4.69) is 6.92 Å². The van der Waals surface area contributed by atoms with E-state index in [-0.39, 0.29) is 36.5 Å². The fourth-order valence-electron chi connectivity index (χ4n) is 7.26. The van der Waals surface area contributed by atoms with Gasteiger partial charge >= 0.3 is 5.97 Å². The van der Waals surface area contributed by atoms with Crippen LogP contribution < -0.4 is 0 Å². The molecule has 0 unspecified atom stereocenters. The van der Waals surface area contributed by atoms with Crippen molar-refractivity contribution in [2.75, 3.05) is 0 Å². The molecule has 7 nitrogen and oxygen atoms in total. The van der Waals surface area contributed by atoms with Crippen LogP contribution in [0.2, 0.25) is 0 Å². The van der Waals surface area contributed by atoms with E-state index in [0.29, 0.717) is 12.8 Å². The molecule has 8 atom stereocenters. The van der Waals surface area contributed by atoms with Gasteiger partial charge in [0.1, 0.15) is 6.10 Å². The molecule has 3 aliphatic rings. The molecule has 3 N–H and O–H groups in total. The van der Waals surface area contributed by atoms with Crippen LogP contribution in [-0.4, -0.2) is 70.1 Å². The van der Waals surface area contributed by atoms with Crippen LogP contribution in [0.5, 0.6) is 0 Å². The molecule has 3 heterocycles. The summed E-state index contributed by atoms with van der Waals surface area (Å²) >= 11 is 0. The minimum Gasteiger partial charge on any atom is -0.455 e. The third kappa shape index (κ3) is 14.2. The molecule has 2 saturated heterocycles. The summed E-state index contributed by atoms with van der Waals surface area (Å²) in [6, 6.07) is 0. The number of aliphatic hydroxyl groups is 3. The van der Waals surface area contributed by atoms with Crippen LogP contribution in [0, 0.1) is 0 Å². The monoisotopic (exact) mass is 622 g/mol. The Balaban J connectivity index is 1.15. The first-order valence-corrected chi connectivity index (χ1v) is 18.6. The molecule has 2 fully saturated rings. The molecule has 44 heavy (non-hydrogen) atoms. The maximum absolute atomic E-state index is 11.7. The molecule has 0 aromatic heterocycles. The fraction of sp³-hybridized carbons (Fsp3) is 0.919. The summed E-state index contributed by atoms with van der Waals surface area (Å²) in [5, 5.41) is 32.1. The smallest absolute Gasteiger partial charge is 0.334 e. The molecule has 3 aliphatic heterocycles. The zero-order chi connectivity index (χ0) is 31.6. The van der Waals surface area contributed by atoms with Gasteiger partial charge in [0.05, 0.1) is 42.7 Å². The van der Waals surface area contributed by atoms with E-state index in [0.717, 1.165) is 76.2 Å². The Hall–Kier alpha value is -0.990. The fourth-order valence-corrected chi connectivity index (χ4v) is 7.26. The Bertz CT molecular complexity index is 801. The van der Waals surface area contributed by atoms with E-state index in [1.165, 1.54) is 70.6 Å². The van der Waals surface area contributed by atoms with E-state index in [9.17, 15) is 20.1 Å². The quantitative estimate of drug-likeness (QED) is 0.0703. The molecule has 0 amide bonds. The van der Waals surface area contributed by atoms with Crippen molar-refractivity contribution in [3.63, 3.8) is 0 Å². The summed E-state index contributed by atoms with van der Waals surface area (Å²) < 4.78 is 17.4. The number of cyclic esters (lactones) is 1.